The van der Waals surface area contributed by atoms with E-state index in [-0.39, 0.29) is 0 Å². The molecule has 1 nitrogen and oxygen atoms in total. The van der Waals surface area contributed by atoms with Gasteiger partial charge in [0.2, 0.25) is 0 Å². The summed E-state index contributed by atoms with van der Waals surface area (Å²) in [5, 5.41) is 0. The third-order valence-corrected chi connectivity index (χ3v) is 3.53. The van der Waals surface area contributed by atoms with Crippen molar-refractivity contribution in [2.75, 3.05) is 6.61 Å². The fourth-order valence-corrected chi connectivity index (χ4v) is 2.19. The van der Waals surface area contributed by atoms with Crippen molar-refractivity contribution in [1.82, 2.24) is 0 Å². The van der Waals surface area contributed by atoms with Crippen molar-refractivity contribution in [2.24, 2.45) is 5.92 Å². The Bertz CT molecular complexity index is 393. The zero-order valence-corrected chi connectivity index (χ0v) is 12.9. The molecule has 0 saturated heterocycles. The summed E-state index contributed by atoms with van der Waals surface area (Å²) in [7, 11) is 0. The molecule has 1 unspecified atom stereocenters. The highest BCUT2D eigenvalue weighted by molar-refractivity contribution is 5.57. The van der Waals surface area contributed by atoms with E-state index in [2.05, 4.69) is 51.1 Å². The van der Waals surface area contributed by atoms with Crippen LogP contribution in [-0.4, -0.2) is 6.61 Å². The lowest BCUT2D eigenvalue weighted by atomic mass is 10.0. The van der Waals surface area contributed by atoms with E-state index >= 15 is 0 Å². The molecule has 0 N–H and O–H groups in total. The number of rotatable bonds is 8. The Labute approximate surface area is 118 Å². The van der Waals surface area contributed by atoms with E-state index in [1.165, 1.54) is 36.8 Å². The highest BCUT2D eigenvalue weighted by Gasteiger charge is 2.08. The first-order valence-corrected chi connectivity index (χ1v) is 7.57. The van der Waals surface area contributed by atoms with Gasteiger partial charge in [0.05, 0.1) is 6.61 Å². The Morgan fingerprint density at radius 2 is 2.05 bits per heavy atom. The predicted octanol–water partition coefficient (Wildman–Crippen LogP) is 5.62. The molecule has 0 amide bonds. The Morgan fingerprint density at radius 3 is 2.68 bits per heavy atom. The van der Waals surface area contributed by atoms with E-state index in [1.54, 1.807) is 0 Å². The molecule has 0 saturated carbocycles. The van der Waals surface area contributed by atoms with Crippen molar-refractivity contribution < 1.29 is 4.74 Å². The van der Waals surface area contributed by atoms with Crippen LogP contribution in [0.4, 0.5) is 0 Å². The second kappa shape index (κ2) is 8.79. The number of hydrogen-bond donors (Lipinski definition) is 0. The van der Waals surface area contributed by atoms with Crippen LogP contribution in [0.5, 0.6) is 5.75 Å². The van der Waals surface area contributed by atoms with Crippen LogP contribution in [0.3, 0.4) is 0 Å². The molecule has 1 heteroatoms. The van der Waals surface area contributed by atoms with Gasteiger partial charge in [-0.1, -0.05) is 57.4 Å². The van der Waals surface area contributed by atoms with Crippen molar-refractivity contribution in [3.05, 3.63) is 35.4 Å². The maximum atomic E-state index is 6.07. The van der Waals surface area contributed by atoms with Gasteiger partial charge in [0.15, 0.2) is 0 Å². The molecule has 1 aromatic carbocycles. The van der Waals surface area contributed by atoms with E-state index in [1.807, 2.05) is 6.92 Å². The molecule has 106 valence electrons. The quantitative estimate of drug-likeness (QED) is 0.589. The minimum absolute atomic E-state index is 0.680. The molecule has 0 aliphatic rings. The second-order valence-electron chi connectivity index (χ2n) is 5.27. The van der Waals surface area contributed by atoms with Gasteiger partial charge in [-0.15, -0.1) is 0 Å². The van der Waals surface area contributed by atoms with Crippen LogP contribution in [-0.2, 0) is 0 Å². The van der Waals surface area contributed by atoms with Gasteiger partial charge < -0.3 is 4.74 Å². The molecule has 0 spiro atoms. The Kier molecular flexibility index (Phi) is 7.32. The summed E-state index contributed by atoms with van der Waals surface area (Å²) in [5.74, 6) is 1.70. The fourth-order valence-electron chi connectivity index (χ4n) is 2.19. The molecule has 0 radical (unpaired) electrons. The third-order valence-electron chi connectivity index (χ3n) is 3.53. The van der Waals surface area contributed by atoms with Gasteiger partial charge in [-0.25, -0.2) is 0 Å². The van der Waals surface area contributed by atoms with Gasteiger partial charge in [-0.3, -0.25) is 0 Å². The molecular formula is C18H28O. The lowest BCUT2D eigenvalue weighted by Gasteiger charge is -2.17. The summed E-state index contributed by atoms with van der Waals surface area (Å²) < 4.78 is 6.07. The molecule has 19 heavy (non-hydrogen) atoms. The molecule has 0 aliphatic heterocycles. The average molecular weight is 260 g/mol. The van der Waals surface area contributed by atoms with Crippen LogP contribution < -0.4 is 4.74 Å². The monoisotopic (exact) mass is 260 g/mol. The first-order chi connectivity index (χ1) is 9.21. The van der Waals surface area contributed by atoms with Crippen molar-refractivity contribution in [2.45, 2.75) is 53.4 Å². The van der Waals surface area contributed by atoms with E-state index in [0.29, 0.717) is 5.92 Å². The van der Waals surface area contributed by atoms with Crippen LogP contribution in [0, 0.1) is 12.8 Å². The smallest absolute Gasteiger partial charge is 0.126 e. The summed E-state index contributed by atoms with van der Waals surface area (Å²) in [6.45, 7) is 9.50. The van der Waals surface area contributed by atoms with Crippen molar-refractivity contribution in [3.63, 3.8) is 0 Å². The Morgan fingerprint density at radius 1 is 1.26 bits per heavy atom. The fraction of sp³-hybridized carbons (Fsp3) is 0.556. The highest BCUT2D eigenvalue weighted by atomic mass is 16.5. The van der Waals surface area contributed by atoms with Crippen molar-refractivity contribution in [3.8, 4) is 5.75 Å². The predicted molar refractivity (Wildman–Crippen MR) is 84.7 cm³/mol. The van der Waals surface area contributed by atoms with E-state index in [9.17, 15) is 0 Å². The molecule has 0 heterocycles. The Hall–Kier alpha value is -1.24. The minimum Gasteiger partial charge on any atom is -0.493 e. The topological polar surface area (TPSA) is 9.23 Å². The lowest BCUT2D eigenvalue weighted by Crippen LogP contribution is -2.11. The zero-order valence-electron chi connectivity index (χ0n) is 12.9. The van der Waals surface area contributed by atoms with Gasteiger partial charge in [0, 0.05) is 5.56 Å². The number of hydrogen-bond acceptors (Lipinski definition) is 1. The van der Waals surface area contributed by atoms with Gasteiger partial charge in [-0.05, 0) is 37.8 Å². The van der Waals surface area contributed by atoms with Crippen LogP contribution in [0.2, 0.25) is 0 Å². The summed E-state index contributed by atoms with van der Waals surface area (Å²) in [6, 6.07) is 6.41. The van der Waals surface area contributed by atoms with E-state index in [4.69, 9.17) is 4.74 Å². The summed E-state index contributed by atoms with van der Waals surface area (Å²) in [4.78, 5) is 0. The first-order valence-electron chi connectivity index (χ1n) is 7.57. The summed E-state index contributed by atoms with van der Waals surface area (Å²) >= 11 is 0. The number of unbranched alkanes of at least 4 members (excludes halogenated alkanes) is 1. The molecule has 0 bridgehead atoms. The lowest BCUT2D eigenvalue weighted by molar-refractivity contribution is 0.233. The summed E-state index contributed by atoms with van der Waals surface area (Å²) in [5.41, 5.74) is 2.43. The van der Waals surface area contributed by atoms with Gasteiger partial charge >= 0.3 is 0 Å². The van der Waals surface area contributed by atoms with Crippen molar-refractivity contribution in [1.29, 1.82) is 0 Å². The maximum absolute atomic E-state index is 6.07. The standard InChI is InChI=1S/C18H28O/c1-5-8-10-16(7-3)14-19-18-13-15(4)11-12-17(18)9-6-2/h6,9,11-13,16H,5,7-8,10,14H2,1-4H3/b9-6+. The maximum Gasteiger partial charge on any atom is 0.126 e. The molecule has 1 aromatic rings. The number of aryl methyl sites for hydroxylation is 1. The average Bonchev–Trinajstić information content (AvgIpc) is 2.42. The van der Waals surface area contributed by atoms with Crippen LogP contribution in [0.1, 0.15) is 57.6 Å². The van der Waals surface area contributed by atoms with Crippen LogP contribution in [0.15, 0.2) is 24.3 Å². The molecule has 0 fully saturated rings. The molecular weight excluding hydrogens is 232 g/mol. The minimum atomic E-state index is 0.680. The molecule has 0 aliphatic carbocycles. The first kappa shape index (κ1) is 15.8. The van der Waals surface area contributed by atoms with E-state index in [0.717, 1.165) is 12.4 Å². The molecule has 1 rings (SSSR count). The zero-order chi connectivity index (χ0) is 14.1. The highest BCUT2D eigenvalue weighted by Crippen LogP contribution is 2.23. The third kappa shape index (κ3) is 5.50. The molecule has 0 aromatic heterocycles. The number of benzene rings is 1. The normalized spacial score (nSPS) is 12.8. The number of allylic oxidation sites excluding steroid dienone is 1. The second-order valence-corrected chi connectivity index (χ2v) is 5.27. The van der Waals surface area contributed by atoms with Crippen LogP contribution >= 0.6 is 0 Å². The van der Waals surface area contributed by atoms with Gasteiger partial charge in [-0.2, -0.15) is 0 Å². The largest absolute Gasteiger partial charge is 0.493 e. The van der Waals surface area contributed by atoms with Gasteiger partial charge in [0.1, 0.15) is 5.75 Å². The summed E-state index contributed by atoms with van der Waals surface area (Å²) in [6.07, 6.45) is 9.22. The molecule has 1 atom stereocenters. The van der Waals surface area contributed by atoms with Gasteiger partial charge in [0.25, 0.3) is 0 Å². The Balaban J connectivity index is 2.67. The van der Waals surface area contributed by atoms with Crippen molar-refractivity contribution >= 4 is 6.08 Å². The number of ether oxygens (including phenoxy) is 1. The van der Waals surface area contributed by atoms with Crippen LogP contribution in [0.25, 0.3) is 6.08 Å². The van der Waals surface area contributed by atoms with E-state index < -0.39 is 0 Å². The SMILES string of the molecule is C/C=C/c1ccc(C)cc1OCC(CC)CCCC.